The lowest BCUT2D eigenvalue weighted by molar-refractivity contribution is -0.132. The molecule has 5 rings (SSSR count). The summed E-state index contributed by atoms with van der Waals surface area (Å²) in [6, 6.07) is 6.99. The van der Waals surface area contributed by atoms with E-state index >= 15 is 0 Å². The fraction of sp³-hybridized carbons (Fsp3) is 0.280. The summed E-state index contributed by atoms with van der Waals surface area (Å²) >= 11 is 0. The van der Waals surface area contributed by atoms with E-state index in [-0.39, 0.29) is 17.9 Å². The van der Waals surface area contributed by atoms with Gasteiger partial charge in [-0.1, -0.05) is 18.7 Å². The number of amides is 2. The van der Waals surface area contributed by atoms with E-state index < -0.39 is 0 Å². The van der Waals surface area contributed by atoms with Crippen LogP contribution < -0.4 is 15.4 Å². The number of hydrogen-bond acceptors (Lipinski definition) is 6. The number of aromatic amines is 1. The fourth-order valence-electron chi connectivity index (χ4n) is 4.35. The summed E-state index contributed by atoms with van der Waals surface area (Å²) in [5.74, 6) is 0.768. The van der Waals surface area contributed by atoms with Crippen LogP contribution in [0.4, 0.5) is 5.69 Å². The first kappa shape index (κ1) is 21.8. The number of carbonyl (C=O) groups is 2. The second kappa shape index (κ2) is 9.48. The Balaban J connectivity index is 1.33. The van der Waals surface area contributed by atoms with Crippen molar-refractivity contribution in [2.24, 2.45) is 0 Å². The number of carbonyl (C=O) groups excluding carboxylic acids is 2. The topological polar surface area (TPSA) is 112 Å². The van der Waals surface area contributed by atoms with Crippen molar-refractivity contribution < 1.29 is 14.3 Å². The number of hydrogen-bond donors (Lipinski definition) is 3. The number of benzene rings is 1. The second-order valence-electron chi connectivity index (χ2n) is 8.34. The Labute approximate surface area is 196 Å². The molecule has 2 aromatic heterocycles. The maximum absolute atomic E-state index is 12.7. The predicted molar refractivity (Wildman–Crippen MR) is 129 cm³/mol. The lowest BCUT2D eigenvalue weighted by Gasteiger charge is -2.28. The minimum Gasteiger partial charge on any atom is -0.437 e. The Morgan fingerprint density at radius 2 is 2.24 bits per heavy atom. The molecule has 0 aliphatic carbocycles. The first-order valence-electron chi connectivity index (χ1n) is 11.4. The van der Waals surface area contributed by atoms with E-state index in [1.54, 1.807) is 30.5 Å². The lowest BCUT2D eigenvalue weighted by Crippen LogP contribution is -2.45. The van der Waals surface area contributed by atoms with Crippen LogP contribution >= 0.6 is 0 Å². The van der Waals surface area contributed by atoms with E-state index in [0.717, 1.165) is 42.5 Å². The Morgan fingerprint density at radius 3 is 3.00 bits per heavy atom. The van der Waals surface area contributed by atoms with Crippen molar-refractivity contribution in [1.82, 2.24) is 25.2 Å². The third-order valence-corrected chi connectivity index (χ3v) is 6.09. The largest absolute Gasteiger partial charge is 0.437 e. The first-order chi connectivity index (χ1) is 16.6. The van der Waals surface area contributed by atoms with Crippen molar-refractivity contribution in [1.29, 1.82) is 0 Å². The van der Waals surface area contributed by atoms with Crippen LogP contribution in [-0.2, 0) is 9.59 Å². The molecular weight excluding hydrogens is 432 g/mol. The van der Waals surface area contributed by atoms with Crippen LogP contribution in [0.3, 0.4) is 0 Å². The minimum atomic E-state index is -0.296. The monoisotopic (exact) mass is 458 g/mol. The summed E-state index contributed by atoms with van der Waals surface area (Å²) in [6.07, 6.45) is 9.49. The third kappa shape index (κ3) is 4.55. The zero-order valence-corrected chi connectivity index (χ0v) is 18.7. The van der Waals surface area contributed by atoms with Crippen LogP contribution in [0.15, 0.2) is 55.4 Å². The molecule has 0 bridgehead atoms. The summed E-state index contributed by atoms with van der Waals surface area (Å²) in [6.45, 7) is 5.64. The van der Waals surface area contributed by atoms with Crippen molar-refractivity contribution >= 4 is 34.2 Å². The number of rotatable bonds is 6. The normalized spacial score (nSPS) is 17.9. The molecule has 0 unspecified atom stereocenters. The van der Waals surface area contributed by atoms with Gasteiger partial charge in [0, 0.05) is 36.6 Å². The second-order valence-corrected chi connectivity index (χ2v) is 8.34. The van der Waals surface area contributed by atoms with Gasteiger partial charge in [0.2, 0.25) is 17.7 Å². The van der Waals surface area contributed by atoms with Crippen LogP contribution in [0.1, 0.15) is 24.8 Å². The zero-order valence-electron chi connectivity index (χ0n) is 18.7. The average Bonchev–Trinajstić information content (AvgIpc) is 3.54. The number of fused-ring (bicyclic) bond motifs is 1. The number of aromatic nitrogens is 3. The van der Waals surface area contributed by atoms with E-state index in [0.29, 0.717) is 36.1 Å². The molecule has 0 radical (unpaired) electrons. The Kier molecular flexibility index (Phi) is 6.09. The molecule has 4 heterocycles. The molecule has 1 saturated heterocycles. The molecule has 0 saturated carbocycles. The van der Waals surface area contributed by atoms with Gasteiger partial charge < -0.3 is 25.3 Å². The van der Waals surface area contributed by atoms with E-state index in [4.69, 9.17) is 4.74 Å². The summed E-state index contributed by atoms with van der Waals surface area (Å²) in [5.41, 5.74) is 4.08. The highest BCUT2D eigenvalue weighted by Crippen LogP contribution is 2.30. The zero-order chi connectivity index (χ0) is 23.5. The molecule has 3 N–H and O–H groups in total. The molecule has 34 heavy (non-hydrogen) atoms. The molecule has 9 nitrogen and oxygen atoms in total. The maximum atomic E-state index is 12.7. The number of ether oxygens (including phenoxy) is 1. The fourth-order valence-corrected chi connectivity index (χ4v) is 4.35. The highest BCUT2D eigenvalue weighted by Gasteiger charge is 2.28. The summed E-state index contributed by atoms with van der Waals surface area (Å²) in [5, 5.41) is 5.99. The summed E-state index contributed by atoms with van der Waals surface area (Å²) in [4.78, 5) is 38.5. The van der Waals surface area contributed by atoms with Crippen molar-refractivity contribution in [3.63, 3.8) is 0 Å². The highest BCUT2D eigenvalue weighted by molar-refractivity contribution is 5.99. The van der Waals surface area contributed by atoms with Gasteiger partial charge in [0.25, 0.3) is 0 Å². The van der Waals surface area contributed by atoms with Crippen molar-refractivity contribution in [3.05, 3.63) is 61.0 Å². The Hall–Kier alpha value is -3.98. The Morgan fingerprint density at radius 1 is 1.32 bits per heavy atom. The molecule has 2 amide bonds. The molecule has 1 aromatic carbocycles. The van der Waals surface area contributed by atoms with E-state index in [1.807, 2.05) is 11.1 Å². The highest BCUT2D eigenvalue weighted by atomic mass is 16.5. The summed E-state index contributed by atoms with van der Waals surface area (Å²) < 4.78 is 5.92. The van der Waals surface area contributed by atoms with Gasteiger partial charge >= 0.3 is 0 Å². The molecule has 9 heteroatoms. The minimum absolute atomic E-state index is 0.0443. The Bertz CT molecular complexity index is 1270. The van der Waals surface area contributed by atoms with Crippen molar-refractivity contribution in [3.8, 4) is 11.6 Å². The van der Waals surface area contributed by atoms with Gasteiger partial charge in [-0.05, 0) is 49.6 Å². The van der Waals surface area contributed by atoms with E-state index in [1.165, 1.54) is 6.08 Å². The number of H-pyrrole nitrogens is 1. The van der Waals surface area contributed by atoms with Crippen molar-refractivity contribution in [2.45, 2.75) is 25.3 Å². The van der Waals surface area contributed by atoms with Crippen LogP contribution in [0.2, 0.25) is 0 Å². The standard InChI is InChI=1S/C25H26N6O3/c1-2-21(32)29-17-5-3-6-18(13-17)34-22-15-28-24-23(30-22)19(14-27-24)16-8-11-31(12-9-16)25(33)20-7-4-10-26-20/h2-3,5-6,8,13-15,20,26H,1,4,7,9-12H2,(H,27,28)(H,29,32)/t20-/m1/s1. The third-order valence-electron chi connectivity index (χ3n) is 6.09. The maximum Gasteiger partial charge on any atom is 0.247 e. The molecule has 1 atom stereocenters. The van der Waals surface area contributed by atoms with Gasteiger partial charge in [-0.15, -0.1) is 0 Å². The molecular formula is C25H26N6O3. The first-order valence-corrected chi connectivity index (χ1v) is 11.4. The van der Waals surface area contributed by atoms with Crippen LogP contribution in [0, 0.1) is 0 Å². The van der Waals surface area contributed by atoms with Gasteiger partial charge in [-0.25, -0.2) is 9.97 Å². The van der Waals surface area contributed by atoms with Gasteiger partial charge in [0.05, 0.1) is 12.2 Å². The van der Waals surface area contributed by atoms with Gasteiger partial charge in [0.15, 0.2) is 5.65 Å². The van der Waals surface area contributed by atoms with Gasteiger partial charge in [-0.3, -0.25) is 9.59 Å². The lowest BCUT2D eigenvalue weighted by atomic mass is 10.0. The molecule has 1 fully saturated rings. The van der Waals surface area contributed by atoms with E-state index in [9.17, 15) is 9.59 Å². The molecule has 174 valence electrons. The molecule has 3 aromatic rings. The molecule has 0 spiro atoms. The van der Waals surface area contributed by atoms with Crippen LogP contribution in [0.25, 0.3) is 16.7 Å². The van der Waals surface area contributed by atoms with Gasteiger partial charge in [-0.2, -0.15) is 0 Å². The predicted octanol–water partition coefficient (Wildman–Crippen LogP) is 3.24. The van der Waals surface area contributed by atoms with Gasteiger partial charge in [0.1, 0.15) is 11.3 Å². The van der Waals surface area contributed by atoms with E-state index in [2.05, 4.69) is 38.2 Å². The molecule has 2 aliphatic heterocycles. The molecule has 2 aliphatic rings. The number of nitrogens with zero attached hydrogens (tertiary/aromatic N) is 3. The smallest absolute Gasteiger partial charge is 0.247 e. The SMILES string of the molecule is C=CC(=O)Nc1cccc(Oc2cnc3[nH]cc(C4=CCN(C(=O)[C@H]5CCCN5)CC4)c3n2)c1. The van der Waals surface area contributed by atoms with Crippen molar-refractivity contribution in [2.75, 3.05) is 25.0 Å². The van der Waals surface area contributed by atoms with Crippen LogP contribution in [-0.4, -0.2) is 57.3 Å². The van der Waals surface area contributed by atoms with Crippen LogP contribution in [0.5, 0.6) is 11.6 Å². The average molecular weight is 459 g/mol. The quantitative estimate of drug-likeness (QED) is 0.489. The number of nitrogens with one attached hydrogen (secondary N) is 3. The summed E-state index contributed by atoms with van der Waals surface area (Å²) in [7, 11) is 0. The number of anilines is 1.